The maximum atomic E-state index is 12.4. The van der Waals surface area contributed by atoms with E-state index in [9.17, 15) is 13.2 Å². The third-order valence-corrected chi connectivity index (χ3v) is 5.24. The molecule has 1 amide bonds. The minimum atomic E-state index is -3.74. The number of sulfonamides is 1. The molecule has 0 unspecified atom stereocenters. The van der Waals surface area contributed by atoms with Crippen LogP contribution < -0.4 is 16.2 Å². The quantitative estimate of drug-likeness (QED) is 0.685. The van der Waals surface area contributed by atoms with Crippen LogP contribution >= 0.6 is 0 Å². The van der Waals surface area contributed by atoms with Gasteiger partial charge in [0.2, 0.25) is 15.9 Å². The molecule has 6 nitrogen and oxygen atoms in total. The minimum Gasteiger partial charge on any atom is -0.398 e. The van der Waals surface area contributed by atoms with Crippen molar-refractivity contribution in [2.45, 2.75) is 44.0 Å². The first kappa shape index (κ1) is 16.5. The van der Waals surface area contributed by atoms with Crippen LogP contribution in [0.1, 0.15) is 44.0 Å². The molecule has 0 aliphatic carbocycles. The van der Waals surface area contributed by atoms with Crippen LogP contribution in [0.5, 0.6) is 0 Å². The van der Waals surface area contributed by atoms with Crippen LogP contribution in [0.25, 0.3) is 0 Å². The number of carbonyl (C=O) groups excluding carboxylic acids is 1. The van der Waals surface area contributed by atoms with E-state index in [1.165, 1.54) is 18.2 Å². The van der Waals surface area contributed by atoms with Crippen LogP contribution in [-0.2, 0) is 10.0 Å². The summed E-state index contributed by atoms with van der Waals surface area (Å²) >= 11 is 0. The average molecular weight is 299 g/mol. The molecule has 0 atom stereocenters. The van der Waals surface area contributed by atoms with E-state index in [-0.39, 0.29) is 16.1 Å². The van der Waals surface area contributed by atoms with Crippen molar-refractivity contribution in [3.05, 3.63) is 23.8 Å². The molecular weight excluding hydrogens is 278 g/mol. The number of amides is 1. The Balaban J connectivity index is 3.20. The summed E-state index contributed by atoms with van der Waals surface area (Å²) in [5.41, 5.74) is 10.5. The standard InChI is InChI=1S/C13H21N3O3S/c1-4-13(3,5-2)16-20(18,19)11-7-6-9(12(15)17)8-10(11)14/h6-8,16H,4-5,14H2,1-3H3,(H2,15,17). The number of anilines is 1. The smallest absolute Gasteiger partial charge is 0.248 e. The van der Waals surface area contributed by atoms with Gasteiger partial charge in [0.25, 0.3) is 0 Å². The number of benzene rings is 1. The van der Waals surface area contributed by atoms with Gasteiger partial charge in [-0.2, -0.15) is 0 Å². The highest BCUT2D eigenvalue weighted by Gasteiger charge is 2.28. The number of nitrogen functional groups attached to an aromatic ring is 1. The van der Waals surface area contributed by atoms with Crippen LogP contribution in [-0.4, -0.2) is 19.9 Å². The summed E-state index contributed by atoms with van der Waals surface area (Å²) in [4.78, 5) is 11.0. The molecule has 0 fully saturated rings. The molecule has 0 aliphatic heterocycles. The first-order valence-corrected chi connectivity index (χ1v) is 7.87. The van der Waals surface area contributed by atoms with Crippen LogP contribution in [0.2, 0.25) is 0 Å². The third-order valence-electron chi connectivity index (χ3n) is 3.53. The lowest BCUT2D eigenvalue weighted by atomic mass is 9.98. The van der Waals surface area contributed by atoms with E-state index < -0.39 is 21.5 Å². The van der Waals surface area contributed by atoms with Crippen molar-refractivity contribution in [1.82, 2.24) is 4.72 Å². The number of rotatable bonds is 6. The Morgan fingerprint density at radius 1 is 1.30 bits per heavy atom. The molecule has 0 saturated carbocycles. The van der Waals surface area contributed by atoms with Crippen LogP contribution in [0.3, 0.4) is 0 Å². The van der Waals surface area contributed by atoms with E-state index in [4.69, 9.17) is 11.5 Å². The second-order valence-corrected chi connectivity index (χ2v) is 6.64. The fraction of sp³-hybridized carbons (Fsp3) is 0.462. The molecule has 7 heteroatoms. The van der Waals surface area contributed by atoms with Crippen molar-refractivity contribution in [2.75, 3.05) is 5.73 Å². The zero-order valence-corrected chi connectivity index (χ0v) is 12.8. The molecule has 0 radical (unpaired) electrons. The predicted molar refractivity (Wildman–Crippen MR) is 78.7 cm³/mol. The molecule has 1 rings (SSSR count). The Bertz CT molecular complexity index is 607. The topological polar surface area (TPSA) is 115 Å². The average Bonchev–Trinajstić information content (AvgIpc) is 2.37. The van der Waals surface area contributed by atoms with Crippen LogP contribution in [0, 0.1) is 0 Å². The van der Waals surface area contributed by atoms with E-state index in [0.29, 0.717) is 12.8 Å². The predicted octanol–water partition coefficient (Wildman–Crippen LogP) is 1.22. The molecule has 0 spiro atoms. The summed E-state index contributed by atoms with van der Waals surface area (Å²) in [6.45, 7) is 5.65. The van der Waals surface area contributed by atoms with Gasteiger partial charge in [-0.1, -0.05) is 13.8 Å². The van der Waals surface area contributed by atoms with Gasteiger partial charge in [-0.3, -0.25) is 4.79 Å². The Hall–Kier alpha value is -1.60. The summed E-state index contributed by atoms with van der Waals surface area (Å²) in [6, 6.07) is 3.91. The molecule has 0 aromatic heterocycles. The van der Waals surface area contributed by atoms with Gasteiger partial charge < -0.3 is 11.5 Å². The van der Waals surface area contributed by atoms with Crippen molar-refractivity contribution in [3.63, 3.8) is 0 Å². The molecule has 0 saturated heterocycles. The SMILES string of the molecule is CCC(C)(CC)NS(=O)(=O)c1ccc(C(N)=O)cc1N. The molecule has 0 bridgehead atoms. The zero-order chi connectivity index (χ0) is 15.6. The molecule has 0 aliphatic rings. The van der Waals surface area contributed by atoms with Crippen molar-refractivity contribution in [1.29, 1.82) is 0 Å². The zero-order valence-electron chi connectivity index (χ0n) is 11.9. The molecular formula is C13H21N3O3S. The fourth-order valence-electron chi connectivity index (χ4n) is 1.72. The molecule has 1 aromatic rings. The van der Waals surface area contributed by atoms with Gasteiger partial charge >= 0.3 is 0 Å². The summed E-state index contributed by atoms with van der Waals surface area (Å²) in [7, 11) is -3.74. The lowest BCUT2D eigenvalue weighted by molar-refractivity contribution is 0.1000. The second kappa shape index (κ2) is 5.80. The first-order valence-electron chi connectivity index (χ1n) is 6.38. The van der Waals surface area contributed by atoms with Crippen molar-refractivity contribution in [3.8, 4) is 0 Å². The Kier molecular flexibility index (Phi) is 4.77. The maximum Gasteiger partial charge on any atom is 0.248 e. The van der Waals surface area contributed by atoms with Gasteiger partial charge in [-0.05, 0) is 38.0 Å². The number of nitrogens with two attached hydrogens (primary N) is 2. The number of hydrogen-bond acceptors (Lipinski definition) is 4. The van der Waals surface area contributed by atoms with Crippen LogP contribution in [0.15, 0.2) is 23.1 Å². The highest BCUT2D eigenvalue weighted by molar-refractivity contribution is 7.89. The van der Waals surface area contributed by atoms with Gasteiger partial charge in [-0.15, -0.1) is 0 Å². The lowest BCUT2D eigenvalue weighted by Gasteiger charge is -2.28. The van der Waals surface area contributed by atoms with Crippen molar-refractivity contribution < 1.29 is 13.2 Å². The number of nitrogens with one attached hydrogen (secondary N) is 1. The van der Waals surface area contributed by atoms with Gasteiger partial charge in [-0.25, -0.2) is 13.1 Å². The highest BCUT2D eigenvalue weighted by atomic mass is 32.2. The summed E-state index contributed by atoms with van der Waals surface area (Å²) < 4.78 is 27.4. The normalized spacial score (nSPS) is 12.3. The number of primary amides is 1. The second-order valence-electron chi connectivity index (χ2n) is 4.99. The largest absolute Gasteiger partial charge is 0.398 e. The van der Waals surface area contributed by atoms with Crippen LogP contribution in [0.4, 0.5) is 5.69 Å². The summed E-state index contributed by atoms with van der Waals surface area (Å²) in [5.74, 6) is -0.652. The third kappa shape index (κ3) is 3.49. The van der Waals surface area contributed by atoms with Gasteiger partial charge in [0.05, 0.1) is 5.69 Å². The fourth-order valence-corrected chi connectivity index (χ4v) is 3.38. The van der Waals surface area contributed by atoms with E-state index in [0.717, 1.165) is 0 Å². The lowest BCUT2D eigenvalue weighted by Crippen LogP contribution is -2.45. The van der Waals surface area contributed by atoms with Crippen molar-refractivity contribution in [2.24, 2.45) is 5.73 Å². The van der Waals surface area contributed by atoms with E-state index >= 15 is 0 Å². The minimum absolute atomic E-state index is 0.00311. The molecule has 5 N–H and O–H groups in total. The summed E-state index contributed by atoms with van der Waals surface area (Å²) in [6.07, 6.45) is 1.31. The molecule has 0 heterocycles. The molecule has 1 aromatic carbocycles. The van der Waals surface area contributed by atoms with Gasteiger partial charge in [0.15, 0.2) is 0 Å². The summed E-state index contributed by atoms with van der Waals surface area (Å²) in [5, 5.41) is 0. The van der Waals surface area contributed by atoms with E-state index in [1.807, 2.05) is 20.8 Å². The van der Waals surface area contributed by atoms with E-state index in [1.54, 1.807) is 0 Å². The maximum absolute atomic E-state index is 12.4. The van der Waals surface area contributed by atoms with Crippen molar-refractivity contribution >= 4 is 21.6 Å². The number of hydrogen-bond donors (Lipinski definition) is 3. The molecule has 112 valence electrons. The Morgan fingerprint density at radius 2 is 1.85 bits per heavy atom. The Morgan fingerprint density at radius 3 is 2.25 bits per heavy atom. The number of carbonyl (C=O) groups is 1. The first-order chi connectivity index (χ1) is 9.15. The monoisotopic (exact) mass is 299 g/mol. The molecule has 20 heavy (non-hydrogen) atoms. The van der Waals surface area contributed by atoms with Gasteiger partial charge in [0, 0.05) is 11.1 Å². The Labute approximate surface area is 119 Å². The van der Waals surface area contributed by atoms with E-state index in [2.05, 4.69) is 4.72 Å². The van der Waals surface area contributed by atoms with Gasteiger partial charge in [0.1, 0.15) is 4.90 Å². The highest BCUT2D eigenvalue weighted by Crippen LogP contribution is 2.23.